The zero-order valence-electron chi connectivity index (χ0n) is 15.9. The second-order valence-electron chi connectivity index (χ2n) is 6.91. The molecular formula is C22H22N2O4S. The Morgan fingerprint density at radius 1 is 1.17 bits per heavy atom. The lowest BCUT2D eigenvalue weighted by Crippen LogP contribution is -2.36. The van der Waals surface area contributed by atoms with Crippen LogP contribution in [-0.4, -0.2) is 36.0 Å². The topological polar surface area (TPSA) is 71.8 Å². The minimum Gasteiger partial charge on any atom is -0.459 e. The van der Waals surface area contributed by atoms with Gasteiger partial charge in [-0.1, -0.05) is 12.1 Å². The van der Waals surface area contributed by atoms with Gasteiger partial charge in [0.05, 0.1) is 18.9 Å². The highest BCUT2D eigenvalue weighted by molar-refractivity contribution is 7.09. The van der Waals surface area contributed by atoms with Crippen molar-refractivity contribution >= 4 is 28.8 Å². The highest BCUT2D eigenvalue weighted by atomic mass is 32.1. The van der Waals surface area contributed by atoms with Gasteiger partial charge in [-0.15, -0.1) is 11.3 Å². The highest BCUT2D eigenvalue weighted by Gasteiger charge is 2.24. The van der Waals surface area contributed by atoms with E-state index in [1.165, 1.54) is 6.26 Å². The average Bonchev–Trinajstić information content (AvgIpc) is 3.50. The summed E-state index contributed by atoms with van der Waals surface area (Å²) in [6, 6.07) is 14.2. The Hall–Kier alpha value is -2.90. The molecule has 0 spiro atoms. The van der Waals surface area contributed by atoms with Crippen LogP contribution in [0.3, 0.4) is 0 Å². The van der Waals surface area contributed by atoms with E-state index in [0.29, 0.717) is 24.3 Å². The number of carbonyl (C=O) groups is 2. The van der Waals surface area contributed by atoms with Crippen molar-refractivity contribution in [2.24, 2.45) is 0 Å². The van der Waals surface area contributed by atoms with E-state index in [-0.39, 0.29) is 23.7 Å². The molecule has 4 rings (SSSR count). The van der Waals surface area contributed by atoms with Crippen LogP contribution in [0, 0.1) is 0 Å². The molecule has 29 heavy (non-hydrogen) atoms. The summed E-state index contributed by atoms with van der Waals surface area (Å²) in [7, 11) is 0. The predicted molar refractivity (Wildman–Crippen MR) is 111 cm³/mol. The lowest BCUT2D eigenvalue weighted by Gasteiger charge is -2.25. The molecule has 1 N–H and O–H groups in total. The molecule has 0 radical (unpaired) electrons. The second-order valence-corrected chi connectivity index (χ2v) is 7.94. The standard InChI is InChI=1S/C22H22N2O4S/c25-21(20-9-3-11-28-20)23-17-6-1-5-16(13-17)22(26)24(14-18-7-2-10-27-18)15-19-8-4-12-29-19/h1,3-6,8-9,11-13,18H,2,7,10,14-15H2,(H,23,25). The number of benzene rings is 1. The van der Waals surface area contributed by atoms with Crippen molar-refractivity contribution in [3.05, 3.63) is 76.4 Å². The highest BCUT2D eigenvalue weighted by Crippen LogP contribution is 2.21. The van der Waals surface area contributed by atoms with Crippen molar-refractivity contribution in [1.82, 2.24) is 4.90 Å². The van der Waals surface area contributed by atoms with Crippen LogP contribution in [0.4, 0.5) is 5.69 Å². The summed E-state index contributed by atoms with van der Waals surface area (Å²) < 4.78 is 10.9. The number of carbonyl (C=O) groups excluding carboxylic acids is 2. The lowest BCUT2D eigenvalue weighted by atomic mass is 10.1. The summed E-state index contributed by atoms with van der Waals surface area (Å²) in [5, 5.41) is 4.78. The van der Waals surface area contributed by atoms with Gasteiger partial charge in [-0.2, -0.15) is 0 Å². The number of furan rings is 1. The first-order valence-corrected chi connectivity index (χ1v) is 10.5. The maximum atomic E-state index is 13.3. The Morgan fingerprint density at radius 3 is 2.83 bits per heavy atom. The monoisotopic (exact) mass is 410 g/mol. The quantitative estimate of drug-likeness (QED) is 0.626. The van der Waals surface area contributed by atoms with Crippen molar-refractivity contribution in [3.8, 4) is 0 Å². The molecule has 1 unspecified atom stereocenters. The number of nitrogens with one attached hydrogen (secondary N) is 1. The van der Waals surface area contributed by atoms with Crippen LogP contribution in [0.1, 0.15) is 38.6 Å². The van der Waals surface area contributed by atoms with Gasteiger partial charge < -0.3 is 19.4 Å². The van der Waals surface area contributed by atoms with Crippen molar-refractivity contribution in [2.75, 3.05) is 18.5 Å². The molecule has 1 aliphatic heterocycles. The van der Waals surface area contributed by atoms with Gasteiger partial charge in [-0.25, -0.2) is 0 Å². The van der Waals surface area contributed by atoms with Crippen molar-refractivity contribution in [1.29, 1.82) is 0 Å². The van der Waals surface area contributed by atoms with E-state index < -0.39 is 0 Å². The van der Waals surface area contributed by atoms with Crippen LogP contribution in [0.5, 0.6) is 0 Å². The Bertz CT molecular complexity index is 947. The molecular weight excluding hydrogens is 388 g/mol. The second kappa shape index (κ2) is 9.07. The van der Waals surface area contributed by atoms with Gasteiger partial charge in [-0.05, 0) is 54.6 Å². The summed E-state index contributed by atoms with van der Waals surface area (Å²) in [5.41, 5.74) is 1.07. The molecule has 3 aromatic rings. The van der Waals surface area contributed by atoms with E-state index >= 15 is 0 Å². The van der Waals surface area contributed by atoms with Crippen LogP contribution in [0.2, 0.25) is 0 Å². The number of amides is 2. The number of hydrogen-bond acceptors (Lipinski definition) is 5. The van der Waals surface area contributed by atoms with Gasteiger partial charge in [0.1, 0.15) is 0 Å². The van der Waals surface area contributed by atoms with E-state index in [4.69, 9.17) is 9.15 Å². The van der Waals surface area contributed by atoms with Gasteiger partial charge in [0.15, 0.2) is 5.76 Å². The fourth-order valence-electron chi connectivity index (χ4n) is 3.36. The van der Waals surface area contributed by atoms with Crippen LogP contribution < -0.4 is 5.32 Å². The SMILES string of the molecule is O=C(Nc1cccc(C(=O)N(Cc2cccs2)CC2CCCO2)c1)c1ccco1. The zero-order valence-corrected chi connectivity index (χ0v) is 16.7. The molecule has 0 aliphatic carbocycles. The van der Waals surface area contributed by atoms with Crippen molar-refractivity contribution < 1.29 is 18.7 Å². The average molecular weight is 410 g/mol. The molecule has 0 saturated carbocycles. The molecule has 2 amide bonds. The number of nitrogens with zero attached hydrogens (tertiary/aromatic N) is 1. The van der Waals surface area contributed by atoms with E-state index in [1.807, 2.05) is 22.4 Å². The molecule has 3 heterocycles. The molecule has 150 valence electrons. The van der Waals surface area contributed by atoms with Crippen molar-refractivity contribution in [3.63, 3.8) is 0 Å². The largest absolute Gasteiger partial charge is 0.459 e. The van der Waals surface area contributed by atoms with Gasteiger partial charge in [0.25, 0.3) is 11.8 Å². The maximum Gasteiger partial charge on any atom is 0.291 e. The minimum atomic E-state index is -0.352. The number of ether oxygens (including phenoxy) is 1. The zero-order chi connectivity index (χ0) is 20.1. The molecule has 1 aromatic carbocycles. The molecule has 7 heteroatoms. The van der Waals surface area contributed by atoms with Crippen LogP contribution in [0.25, 0.3) is 0 Å². The van der Waals surface area contributed by atoms with E-state index in [1.54, 1.807) is 47.7 Å². The third-order valence-corrected chi connectivity index (χ3v) is 5.64. The summed E-state index contributed by atoms with van der Waals surface area (Å²) in [6.45, 7) is 1.85. The summed E-state index contributed by atoms with van der Waals surface area (Å²) in [6.07, 6.45) is 3.51. The van der Waals surface area contributed by atoms with E-state index in [9.17, 15) is 9.59 Å². The lowest BCUT2D eigenvalue weighted by molar-refractivity contribution is 0.0509. The number of thiophene rings is 1. The molecule has 2 aromatic heterocycles. The third kappa shape index (κ3) is 4.93. The van der Waals surface area contributed by atoms with Crippen molar-refractivity contribution in [2.45, 2.75) is 25.5 Å². The maximum absolute atomic E-state index is 13.3. The minimum absolute atomic E-state index is 0.0701. The number of rotatable bonds is 7. The third-order valence-electron chi connectivity index (χ3n) is 4.77. The molecule has 1 saturated heterocycles. The Labute approximate surface area is 173 Å². The van der Waals surface area contributed by atoms with Gasteiger partial charge in [0.2, 0.25) is 0 Å². The van der Waals surface area contributed by atoms with Crippen LogP contribution in [0.15, 0.2) is 64.6 Å². The normalized spacial score (nSPS) is 15.9. The van der Waals surface area contributed by atoms with Crippen LogP contribution >= 0.6 is 11.3 Å². The Morgan fingerprint density at radius 2 is 2.10 bits per heavy atom. The Balaban J connectivity index is 1.50. The molecule has 1 atom stereocenters. The van der Waals surface area contributed by atoms with E-state index in [0.717, 1.165) is 24.3 Å². The number of hydrogen-bond donors (Lipinski definition) is 1. The van der Waals surface area contributed by atoms with Gasteiger partial charge in [-0.3, -0.25) is 9.59 Å². The fraction of sp³-hybridized carbons (Fsp3) is 0.273. The summed E-state index contributed by atoms with van der Waals surface area (Å²) >= 11 is 1.63. The molecule has 1 aliphatic rings. The molecule has 6 nitrogen and oxygen atoms in total. The molecule has 1 fully saturated rings. The summed E-state index contributed by atoms with van der Waals surface area (Å²) in [4.78, 5) is 28.4. The predicted octanol–water partition coefficient (Wildman–Crippen LogP) is 4.41. The van der Waals surface area contributed by atoms with Crippen LogP contribution in [-0.2, 0) is 11.3 Å². The van der Waals surface area contributed by atoms with Gasteiger partial charge >= 0.3 is 0 Å². The number of anilines is 1. The van der Waals surface area contributed by atoms with Gasteiger partial charge in [0, 0.05) is 29.3 Å². The van der Waals surface area contributed by atoms with E-state index in [2.05, 4.69) is 5.32 Å². The first-order valence-electron chi connectivity index (χ1n) is 9.57. The fourth-order valence-corrected chi connectivity index (χ4v) is 4.08. The first kappa shape index (κ1) is 19.4. The Kier molecular flexibility index (Phi) is 6.07. The molecule has 0 bridgehead atoms. The summed E-state index contributed by atoms with van der Waals surface area (Å²) in [5.74, 6) is -0.211. The smallest absolute Gasteiger partial charge is 0.291 e. The first-order chi connectivity index (χ1) is 14.2.